The number of ether oxygens (including phenoxy) is 2. The van der Waals surface area contributed by atoms with Gasteiger partial charge in [-0.05, 0) is 65.6 Å². The van der Waals surface area contributed by atoms with E-state index in [2.05, 4.69) is 36.3 Å². The Bertz CT molecular complexity index is 1220. The summed E-state index contributed by atoms with van der Waals surface area (Å²) < 4.78 is 10.8. The lowest BCUT2D eigenvalue weighted by Gasteiger charge is -2.19. The predicted molar refractivity (Wildman–Crippen MR) is 125 cm³/mol. The molecule has 3 aromatic carbocycles. The van der Waals surface area contributed by atoms with Gasteiger partial charge in [0, 0.05) is 5.69 Å². The number of hydrogen-bond acceptors (Lipinski definition) is 5. The average molecular weight is 431 g/mol. The summed E-state index contributed by atoms with van der Waals surface area (Å²) in [5, 5.41) is 11.8. The fourth-order valence-corrected chi connectivity index (χ4v) is 3.22. The Kier molecular flexibility index (Phi) is 5.81. The Morgan fingerprint density at radius 1 is 0.906 bits per heavy atom. The fourth-order valence-electron chi connectivity index (χ4n) is 3.22. The number of anilines is 1. The van der Waals surface area contributed by atoms with Crippen LogP contribution in [0.3, 0.4) is 0 Å². The van der Waals surface area contributed by atoms with Crippen LogP contribution in [0, 0.1) is 0 Å². The molecular weight excluding hydrogens is 404 g/mol. The van der Waals surface area contributed by atoms with Crippen molar-refractivity contribution < 1.29 is 14.3 Å². The minimum absolute atomic E-state index is 0.0732. The van der Waals surface area contributed by atoms with Crippen molar-refractivity contribution in [3.05, 3.63) is 72.3 Å². The Hall–Kier alpha value is -3.87. The van der Waals surface area contributed by atoms with E-state index in [9.17, 15) is 4.79 Å². The number of carbonyl (C=O) groups excluding carboxylic acids is 1. The SMILES string of the molecule is COc1ccc(-n2nc3ccc(NC(=O)COc4ccc(C(C)(C)C)cc4)cc3n2)cc1. The lowest BCUT2D eigenvalue weighted by atomic mass is 9.87. The summed E-state index contributed by atoms with van der Waals surface area (Å²) in [5.41, 5.74) is 4.15. The molecule has 4 rings (SSSR count). The van der Waals surface area contributed by atoms with E-state index in [0.717, 1.165) is 17.0 Å². The molecule has 0 fully saturated rings. The molecule has 4 aromatic rings. The molecule has 164 valence electrons. The van der Waals surface area contributed by atoms with Gasteiger partial charge in [0.15, 0.2) is 6.61 Å². The first-order valence-corrected chi connectivity index (χ1v) is 10.4. The number of benzene rings is 3. The van der Waals surface area contributed by atoms with Crippen molar-refractivity contribution in [3.63, 3.8) is 0 Å². The fraction of sp³-hybridized carbons (Fsp3) is 0.240. The third kappa shape index (κ3) is 4.88. The highest BCUT2D eigenvalue weighted by Crippen LogP contribution is 2.24. The minimum Gasteiger partial charge on any atom is -0.497 e. The van der Waals surface area contributed by atoms with Crippen LogP contribution in [-0.4, -0.2) is 34.6 Å². The molecule has 32 heavy (non-hydrogen) atoms. The zero-order valence-corrected chi connectivity index (χ0v) is 18.6. The number of aromatic nitrogens is 3. The maximum Gasteiger partial charge on any atom is 0.262 e. The van der Waals surface area contributed by atoms with Crippen LogP contribution in [0.15, 0.2) is 66.7 Å². The molecule has 0 saturated heterocycles. The molecule has 0 atom stereocenters. The van der Waals surface area contributed by atoms with Crippen molar-refractivity contribution in [1.82, 2.24) is 15.0 Å². The van der Waals surface area contributed by atoms with Gasteiger partial charge in [0.05, 0.1) is 12.8 Å². The quantitative estimate of drug-likeness (QED) is 0.478. The monoisotopic (exact) mass is 430 g/mol. The van der Waals surface area contributed by atoms with Crippen molar-refractivity contribution >= 4 is 22.6 Å². The molecule has 0 unspecified atom stereocenters. The average Bonchev–Trinajstić information content (AvgIpc) is 3.21. The topological polar surface area (TPSA) is 78.3 Å². The van der Waals surface area contributed by atoms with Crippen molar-refractivity contribution in [2.45, 2.75) is 26.2 Å². The van der Waals surface area contributed by atoms with Gasteiger partial charge < -0.3 is 14.8 Å². The number of nitrogens with zero attached hydrogens (tertiary/aromatic N) is 3. The van der Waals surface area contributed by atoms with Crippen LogP contribution >= 0.6 is 0 Å². The summed E-state index contributed by atoms with van der Waals surface area (Å²) in [6.45, 7) is 6.39. The molecule has 0 aliphatic heterocycles. The molecule has 1 aromatic heterocycles. The van der Waals surface area contributed by atoms with E-state index >= 15 is 0 Å². The second kappa shape index (κ2) is 8.70. The number of hydrogen-bond donors (Lipinski definition) is 1. The van der Waals surface area contributed by atoms with Crippen molar-refractivity contribution in [3.8, 4) is 17.2 Å². The number of rotatable bonds is 6. The first kappa shape index (κ1) is 21.4. The Labute approximate surface area is 187 Å². The van der Waals surface area contributed by atoms with Gasteiger partial charge in [0.25, 0.3) is 5.91 Å². The van der Waals surface area contributed by atoms with Gasteiger partial charge in [-0.25, -0.2) is 0 Å². The maximum atomic E-state index is 12.3. The Morgan fingerprint density at radius 3 is 2.22 bits per heavy atom. The minimum atomic E-state index is -0.244. The van der Waals surface area contributed by atoms with E-state index in [0.29, 0.717) is 17.0 Å². The highest BCUT2D eigenvalue weighted by molar-refractivity contribution is 5.93. The van der Waals surface area contributed by atoms with Crippen LogP contribution in [0.2, 0.25) is 0 Å². The highest BCUT2D eigenvalue weighted by Gasteiger charge is 2.13. The zero-order chi connectivity index (χ0) is 22.7. The number of methoxy groups -OCH3 is 1. The van der Waals surface area contributed by atoms with Crippen molar-refractivity contribution in [1.29, 1.82) is 0 Å². The molecule has 7 nitrogen and oxygen atoms in total. The standard InChI is InChI=1S/C25H26N4O3/c1-25(2,3)17-5-10-21(11-6-17)32-16-24(30)26-18-7-14-22-23(15-18)28-29(27-22)19-8-12-20(31-4)13-9-19/h5-15H,16H2,1-4H3,(H,26,30). The lowest BCUT2D eigenvalue weighted by Crippen LogP contribution is -2.20. The van der Waals surface area contributed by atoms with Gasteiger partial charge in [0.2, 0.25) is 0 Å². The molecule has 1 N–H and O–H groups in total. The third-order valence-electron chi connectivity index (χ3n) is 5.06. The molecule has 1 amide bonds. The molecule has 0 aliphatic carbocycles. The lowest BCUT2D eigenvalue weighted by molar-refractivity contribution is -0.118. The van der Waals surface area contributed by atoms with Crippen LogP contribution < -0.4 is 14.8 Å². The first-order valence-electron chi connectivity index (χ1n) is 10.4. The summed E-state index contributed by atoms with van der Waals surface area (Å²) in [6.07, 6.45) is 0. The van der Waals surface area contributed by atoms with E-state index < -0.39 is 0 Å². The van der Waals surface area contributed by atoms with E-state index in [1.54, 1.807) is 24.0 Å². The first-order chi connectivity index (χ1) is 15.3. The molecule has 1 heterocycles. The van der Waals surface area contributed by atoms with Gasteiger partial charge >= 0.3 is 0 Å². The Balaban J connectivity index is 1.39. The van der Waals surface area contributed by atoms with Crippen LogP contribution in [-0.2, 0) is 10.2 Å². The smallest absolute Gasteiger partial charge is 0.262 e. The summed E-state index contributed by atoms with van der Waals surface area (Å²) >= 11 is 0. The number of nitrogens with one attached hydrogen (secondary N) is 1. The second-order valence-corrected chi connectivity index (χ2v) is 8.50. The maximum absolute atomic E-state index is 12.3. The van der Waals surface area contributed by atoms with Crippen LogP contribution in [0.1, 0.15) is 26.3 Å². The third-order valence-corrected chi connectivity index (χ3v) is 5.06. The van der Waals surface area contributed by atoms with Crippen LogP contribution in [0.4, 0.5) is 5.69 Å². The molecule has 0 radical (unpaired) electrons. The largest absolute Gasteiger partial charge is 0.497 e. The molecule has 7 heteroatoms. The van der Waals surface area contributed by atoms with Gasteiger partial charge in [-0.1, -0.05) is 32.9 Å². The van der Waals surface area contributed by atoms with Gasteiger partial charge in [-0.2, -0.15) is 4.80 Å². The van der Waals surface area contributed by atoms with Gasteiger partial charge in [-0.15, -0.1) is 10.2 Å². The molecular formula is C25H26N4O3. The number of carbonyl (C=O) groups is 1. The molecule has 0 bridgehead atoms. The zero-order valence-electron chi connectivity index (χ0n) is 18.6. The Morgan fingerprint density at radius 2 is 1.56 bits per heavy atom. The van der Waals surface area contributed by atoms with Crippen molar-refractivity contribution in [2.24, 2.45) is 0 Å². The number of fused-ring (bicyclic) bond motifs is 1. The summed E-state index contributed by atoms with van der Waals surface area (Å²) in [6, 6.07) is 20.7. The molecule has 0 aliphatic rings. The second-order valence-electron chi connectivity index (χ2n) is 8.50. The van der Waals surface area contributed by atoms with Crippen LogP contribution in [0.25, 0.3) is 16.7 Å². The van der Waals surface area contributed by atoms with Crippen LogP contribution in [0.5, 0.6) is 11.5 Å². The van der Waals surface area contributed by atoms with E-state index in [1.165, 1.54) is 5.56 Å². The summed E-state index contributed by atoms with van der Waals surface area (Å²) in [7, 11) is 1.62. The summed E-state index contributed by atoms with van der Waals surface area (Å²) in [5.74, 6) is 1.18. The highest BCUT2D eigenvalue weighted by atomic mass is 16.5. The number of amides is 1. The molecule has 0 saturated carbocycles. The summed E-state index contributed by atoms with van der Waals surface area (Å²) in [4.78, 5) is 13.9. The molecule has 0 spiro atoms. The van der Waals surface area contributed by atoms with E-state index in [1.807, 2.05) is 54.6 Å². The van der Waals surface area contributed by atoms with Crippen molar-refractivity contribution in [2.75, 3.05) is 19.0 Å². The van der Waals surface area contributed by atoms with Gasteiger partial charge in [0.1, 0.15) is 22.5 Å². The van der Waals surface area contributed by atoms with E-state index in [4.69, 9.17) is 9.47 Å². The van der Waals surface area contributed by atoms with E-state index in [-0.39, 0.29) is 17.9 Å². The predicted octanol–water partition coefficient (Wildman–Crippen LogP) is 4.74. The van der Waals surface area contributed by atoms with Gasteiger partial charge in [-0.3, -0.25) is 4.79 Å². The normalized spacial score (nSPS) is 11.4.